The van der Waals surface area contributed by atoms with Gasteiger partial charge in [0, 0.05) is 19.6 Å². The molecule has 0 amide bonds. The maximum absolute atomic E-state index is 11.5. The van der Waals surface area contributed by atoms with E-state index in [-0.39, 0.29) is 18.4 Å². The Hall–Kier alpha value is -1.67. The van der Waals surface area contributed by atoms with Crippen LogP contribution in [0.15, 0.2) is 24.3 Å². The normalized spacial score (nSPS) is 31.6. The van der Waals surface area contributed by atoms with E-state index in [2.05, 4.69) is 4.90 Å². The zero-order valence-corrected chi connectivity index (χ0v) is 15.6. The molecule has 4 atom stereocenters. The lowest BCUT2D eigenvalue weighted by atomic mass is 9.78. The number of hydrogen-bond acceptors (Lipinski definition) is 7. The fourth-order valence-corrected chi connectivity index (χ4v) is 4.45. The highest BCUT2D eigenvalue weighted by atomic mass is 16.7. The molecule has 0 unspecified atom stereocenters. The van der Waals surface area contributed by atoms with Crippen molar-refractivity contribution in [2.24, 2.45) is 11.8 Å². The maximum atomic E-state index is 11.5. The quantitative estimate of drug-likeness (QED) is 0.775. The van der Waals surface area contributed by atoms with E-state index < -0.39 is 6.10 Å². The summed E-state index contributed by atoms with van der Waals surface area (Å²) in [6.45, 7) is 4.11. The number of likely N-dealkylation sites (tertiary alicyclic amines) is 1. The van der Waals surface area contributed by atoms with Gasteiger partial charge in [0.15, 0.2) is 6.29 Å². The number of carbonyl (C=O) groups is 1. The van der Waals surface area contributed by atoms with E-state index in [9.17, 15) is 9.90 Å². The molecule has 1 aliphatic carbocycles. The van der Waals surface area contributed by atoms with Crippen LogP contribution >= 0.6 is 0 Å². The number of ether oxygens (including phenoxy) is 4. The molecular formula is C20H27NO6. The number of hydrogen-bond donors (Lipinski definition) is 1. The summed E-state index contributed by atoms with van der Waals surface area (Å²) in [6.07, 6.45) is 0.751. The van der Waals surface area contributed by atoms with Crippen molar-refractivity contribution in [3.63, 3.8) is 0 Å². The number of aliphatic hydroxyl groups excluding tert-OH is 1. The Morgan fingerprint density at radius 1 is 1.15 bits per heavy atom. The van der Waals surface area contributed by atoms with E-state index in [1.807, 2.05) is 0 Å². The van der Waals surface area contributed by atoms with Crippen LogP contribution in [0.3, 0.4) is 0 Å². The van der Waals surface area contributed by atoms with Crippen LogP contribution in [0, 0.1) is 11.8 Å². The van der Waals surface area contributed by atoms with Crippen molar-refractivity contribution in [3.8, 4) is 5.75 Å². The third-order valence-corrected chi connectivity index (χ3v) is 5.82. The molecule has 27 heavy (non-hydrogen) atoms. The van der Waals surface area contributed by atoms with Crippen LogP contribution in [0.1, 0.15) is 23.2 Å². The van der Waals surface area contributed by atoms with E-state index in [0.717, 1.165) is 32.5 Å². The van der Waals surface area contributed by atoms with Crippen LogP contribution in [0.5, 0.6) is 5.75 Å². The molecule has 0 bridgehead atoms. The molecule has 7 heteroatoms. The highest BCUT2D eigenvalue weighted by Crippen LogP contribution is 2.38. The van der Waals surface area contributed by atoms with Crippen molar-refractivity contribution >= 4 is 5.97 Å². The van der Waals surface area contributed by atoms with Crippen molar-refractivity contribution in [2.45, 2.75) is 31.3 Å². The van der Waals surface area contributed by atoms with Gasteiger partial charge in [0.25, 0.3) is 0 Å². The van der Waals surface area contributed by atoms with Gasteiger partial charge in [0.1, 0.15) is 11.9 Å². The van der Waals surface area contributed by atoms with E-state index in [1.165, 1.54) is 7.11 Å². The predicted molar refractivity (Wildman–Crippen MR) is 96.6 cm³/mol. The van der Waals surface area contributed by atoms with Crippen LogP contribution in [0.4, 0.5) is 0 Å². The topological polar surface area (TPSA) is 77.5 Å². The molecule has 2 saturated heterocycles. The number of rotatable bonds is 5. The molecule has 1 N–H and O–H groups in total. The summed E-state index contributed by atoms with van der Waals surface area (Å²) in [6, 6.07) is 6.86. The monoisotopic (exact) mass is 377 g/mol. The molecule has 2 heterocycles. The lowest BCUT2D eigenvalue weighted by molar-refractivity contribution is -0.0593. The van der Waals surface area contributed by atoms with Crippen LogP contribution in [0.2, 0.25) is 0 Å². The Balaban J connectivity index is 1.33. The van der Waals surface area contributed by atoms with Gasteiger partial charge in [0.2, 0.25) is 0 Å². The summed E-state index contributed by atoms with van der Waals surface area (Å²) < 4.78 is 21.9. The Bertz CT molecular complexity index is 644. The molecule has 4 rings (SSSR count). The third-order valence-electron chi connectivity index (χ3n) is 5.82. The average molecular weight is 377 g/mol. The van der Waals surface area contributed by atoms with E-state index in [0.29, 0.717) is 36.4 Å². The minimum atomic E-state index is -0.481. The Morgan fingerprint density at radius 2 is 1.81 bits per heavy atom. The Labute approximate surface area is 159 Å². The predicted octanol–water partition coefficient (Wildman–Crippen LogP) is 1.30. The molecule has 1 saturated carbocycles. The van der Waals surface area contributed by atoms with Crippen molar-refractivity contribution in [2.75, 3.05) is 40.0 Å². The lowest BCUT2D eigenvalue weighted by Gasteiger charge is -2.35. The molecule has 0 aromatic heterocycles. The SMILES string of the molecule is COC(=O)c1ccc(O[C@@H]2C[C@@H]3CN(CC4OCCO4)C[C@@H]3C[C@H]2O)cc1. The summed E-state index contributed by atoms with van der Waals surface area (Å²) in [5.74, 6) is 1.29. The van der Waals surface area contributed by atoms with Gasteiger partial charge in [-0.05, 0) is 48.9 Å². The fourth-order valence-electron chi connectivity index (χ4n) is 4.45. The van der Waals surface area contributed by atoms with Gasteiger partial charge in [-0.2, -0.15) is 0 Å². The molecule has 148 valence electrons. The van der Waals surface area contributed by atoms with Gasteiger partial charge in [-0.3, -0.25) is 4.90 Å². The number of esters is 1. The van der Waals surface area contributed by atoms with Crippen molar-refractivity contribution in [1.82, 2.24) is 4.90 Å². The standard InChI is InChI=1S/C20H27NO6/c1-24-20(23)13-2-4-16(5-3-13)27-18-9-15-11-21(10-14(15)8-17(18)22)12-19-25-6-7-26-19/h2-5,14-15,17-19,22H,6-12H2,1H3/t14-,15+,17+,18+/m0/s1. The van der Waals surface area contributed by atoms with Gasteiger partial charge in [-0.15, -0.1) is 0 Å². The van der Waals surface area contributed by atoms with Crippen molar-refractivity contribution < 1.29 is 28.8 Å². The summed E-state index contributed by atoms with van der Waals surface area (Å²) in [7, 11) is 1.36. The van der Waals surface area contributed by atoms with Crippen LogP contribution in [-0.2, 0) is 14.2 Å². The van der Waals surface area contributed by atoms with Gasteiger partial charge in [-0.25, -0.2) is 4.79 Å². The largest absolute Gasteiger partial charge is 0.488 e. The minimum absolute atomic E-state index is 0.115. The molecule has 3 fully saturated rings. The zero-order chi connectivity index (χ0) is 18.8. The van der Waals surface area contributed by atoms with Crippen LogP contribution < -0.4 is 4.74 Å². The molecule has 1 aromatic rings. The van der Waals surface area contributed by atoms with Crippen LogP contribution in [-0.4, -0.2) is 74.4 Å². The lowest BCUT2D eigenvalue weighted by Crippen LogP contribution is -2.42. The highest BCUT2D eigenvalue weighted by molar-refractivity contribution is 5.89. The van der Waals surface area contributed by atoms with E-state index >= 15 is 0 Å². The second-order valence-corrected chi connectivity index (χ2v) is 7.62. The molecule has 7 nitrogen and oxygen atoms in total. The number of nitrogens with zero attached hydrogens (tertiary/aromatic N) is 1. The second-order valence-electron chi connectivity index (χ2n) is 7.62. The van der Waals surface area contributed by atoms with E-state index in [1.54, 1.807) is 24.3 Å². The molecule has 0 radical (unpaired) electrons. The first-order valence-corrected chi connectivity index (χ1v) is 9.61. The van der Waals surface area contributed by atoms with E-state index in [4.69, 9.17) is 18.9 Å². The third kappa shape index (κ3) is 4.27. The summed E-state index contributed by atoms with van der Waals surface area (Å²) in [4.78, 5) is 13.9. The molecule has 3 aliphatic rings. The average Bonchev–Trinajstić information content (AvgIpc) is 3.31. The van der Waals surface area contributed by atoms with Gasteiger partial charge < -0.3 is 24.1 Å². The van der Waals surface area contributed by atoms with Crippen LogP contribution in [0.25, 0.3) is 0 Å². The number of benzene rings is 1. The first-order valence-electron chi connectivity index (χ1n) is 9.61. The molecule has 1 aromatic carbocycles. The number of fused-ring (bicyclic) bond motifs is 1. The molecule has 2 aliphatic heterocycles. The Morgan fingerprint density at radius 3 is 2.48 bits per heavy atom. The number of carbonyl (C=O) groups excluding carboxylic acids is 1. The minimum Gasteiger partial charge on any atom is -0.488 e. The van der Waals surface area contributed by atoms with Crippen molar-refractivity contribution in [1.29, 1.82) is 0 Å². The first kappa shape index (κ1) is 18.7. The van der Waals surface area contributed by atoms with Gasteiger partial charge in [0.05, 0.1) is 32.0 Å². The van der Waals surface area contributed by atoms with Crippen molar-refractivity contribution in [3.05, 3.63) is 29.8 Å². The summed E-state index contributed by atoms with van der Waals surface area (Å²) >= 11 is 0. The molecule has 0 spiro atoms. The number of aliphatic hydroxyl groups is 1. The second kappa shape index (κ2) is 8.14. The Kier molecular flexibility index (Phi) is 5.63. The highest BCUT2D eigenvalue weighted by Gasteiger charge is 2.43. The zero-order valence-electron chi connectivity index (χ0n) is 15.6. The maximum Gasteiger partial charge on any atom is 0.337 e. The van der Waals surface area contributed by atoms with Gasteiger partial charge >= 0.3 is 5.97 Å². The smallest absolute Gasteiger partial charge is 0.337 e. The summed E-state index contributed by atoms with van der Waals surface area (Å²) in [5, 5.41) is 10.6. The van der Waals surface area contributed by atoms with Gasteiger partial charge in [-0.1, -0.05) is 0 Å². The summed E-state index contributed by atoms with van der Waals surface area (Å²) in [5.41, 5.74) is 0.483. The molecular weight excluding hydrogens is 350 g/mol. The first-order chi connectivity index (χ1) is 13.1. The number of methoxy groups -OCH3 is 1. The fraction of sp³-hybridized carbons (Fsp3) is 0.650.